The Morgan fingerprint density at radius 3 is 3.23 bits per heavy atom. The molecule has 1 aromatic heterocycles. The van der Waals surface area contributed by atoms with Gasteiger partial charge in [0, 0.05) is 6.54 Å². The lowest BCUT2D eigenvalue weighted by Gasteiger charge is -2.20. The number of hydrogen-bond donors (Lipinski definition) is 2. The van der Waals surface area contributed by atoms with Crippen LogP contribution in [0.1, 0.15) is 12.8 Å². The highest BCUT2D eigenvalue weighted by Gasteiger charge is 2.30. The molecule has 6 heteroatoms. The minimum atomic E-state index is -0.297. The van der Waals surface area contributed by atoms with Crippen molar-refractivity contribution < 1.29 is 4.79 Å². The molecule has 0 aliphatic carbocycles. The van der Waals surface area contributed by atoms with E-state index in [0.717, 1.165) is 19.4 Å². The van der Waals surface area contributed by atoms with Gasteiger partial charge in [-0.25, -0.2) is 5.10 Å². The molecule has 13 heavy (non-hydrogen) atoms. The molecule has 0 bridgehead atoms. The summed E-state index contributed by atoms with van der Waals surface area (Å²) in [6.45, 7) is 0.808. The Balaban J connectivity index is 2.19. The number of carbonyl (C=O) groups is 1. The Kier molecular flexibility index (Phi) is 1.88. The molecule has 2 heterocycles. The fourth-order valence-electron chi connectivity index (χ4n) is 1.65. The van der Waals surface area contributed by atoms with Crippen molar-refractivity contribution in [3.63, 3.8) is 0 Å². The highest BCUT2D eigenvalue weighted by atomic mass is 16.1. The van der Waals surface area contributed by atoms with Crippen molar-refractivity contribution in [2.24, 2.45) is 5.73 Å². The molecule has 1 atom stereocenters. The van der Waals surface area contributed by atoms with Crippen LogP contribution in [-0.2, 0) is 4.79 Å². The van der Waals surface area contributed by atoms with Crippen LogP contribution in [0.3, 0.4) is 0 Å². The third kappa shape index (κ3) is 1.34. The lowest BCUT2D eigenvalue weighted by Crippen LogP contribution is -2.40. The maximum atomic E-state index is 11.0. The van der Waals surface area contributed by atoms with Gasteiger partial charge in [0.1, 0.15) is 12.4 Å². The van der Waals surface area contributed by atoms with Crippen molar-refractivity contribution in [3.8, 4) is 0 Å². The second kappa shape index (κ2) is 3.04. The third-order valence-electron chi connectivity index (χ3n) is 2.26. The number of nitrogens with one attached hydrogen (secondary N) is 1. The van der Waals surface area contributed by atoms with Gasteiger partial charge in [-0.15, -0.1) is 0 Å². The predicted molar refractivity (Wildman–Crippen MR) is 45.9 cm³/mol. The zero-order chi connectivity index (χ0) is 9.26. The number of hydrogen-bond acceptors (Lipinski definition) is 4. The summed E-state index contributed by atoms with van der Waals surface area (Å²) in [4.78, 5) is 16.9. The monoisotopic (exact) mass is 181 g/mol. The molecule has 0 aromatic carbocycles. The average Bonchev–Trinajstić information content (AvgIpc) is 2.74. The second-order valence-corrected chi connectivity index (χ2v) is 3.06. The maximum absolute atomic E-state index is 11.0. The smallest absolute Gasteiger partial charge is 0.240 e. The van der Waals surface area contributed by atoms with Crippen molar-refractivity contribution in [2.75, 3.05) is 11.4 Å². The summed E-state index contributed by atoms with van der Waals surface area (Å²) in [6, 6.07) is -0.229. The zero-order valence-corrected chi connectivity index (χ0v) is 7.10. The highest BCUT2D eigenvalue weighted by molar-refractivity contribution is 5.83. The van der Waals surface area contributed by atoms with Crippen LogP contribution >= 0.6 is 0 Å². The molecule has 2 rings (SSSR count). The van der Waals surface area contributed by atoms with E-state index in [-0.39, 0.29) is 11.9 Å². The fourth-order valence-corrected chi connectivity index (χ4v) is 1.65. The van der Waals surface area contributed by atoms with Crippen LogP contribution in [0.15, 0.2) is 6.33 Å². The Morgan fingerprint density at radius 2 is 2.62 bits per heavy atom. The van der Waals surface area contributed by atoms with Crippen LogP contribution in [-0.4, -0.2) is 33.7 Å². The van der Waals surface area contributed by atoms with Crippen molar-refractivity contribution in [2.45, 2.75) is 18.9 Å². The van der Waals surface area contributed by atoms with Gasteiger partial charge in [0.05, 0.1) is 0 Å². The zero-order valence-electron chi connectivity index (χ0n) is 7.10. The van der Waals surface area contributed by atoms with Crippen molar-refractivity contribution in [3.05, 3.63) is 6.33 Å². The molecule has 1 aliphatic heterocycles. The van der Waals surface area contributed by atoms with E-state index in [1.54, 1.807) is 0 Å². The molecule has 0 spiro atoms. The number of aromatic nitrogens is 3. The summed E-state index contributed by atoms with van der Waals surface area (Å²) in [5.41, 5.74) is 5.25. The number of anilines is 1. The number of nitrogens with zero attached hydrogens (tertiary/aromatic N) is 3. The highest BCUT2D eigenvalue weighted by Crippen LogP contribution is 2.20. The summed E-state index contributed by atoms with van der Waals surface area (Å²) in [5.74, 6) is 0.329. The van der Waals surface area contributed by atoms with E-state index in [4.69, 9.17) is 5.73 Å². The number of nitrogens with two attached hydrogens (primary N) is 1. The Hall–Kier alpha value is -1.59. The lowest BCUT2D eigenvalue weighted by molar-refractivity contribution is -0.119. The first kappa shape index (κ1) is 8.03. The molecule has 1 aromatic rings. The molecule has 1 aliphatic rings. The van der Waals surface area contributed by atoms with Gasteiger partial charge in [-0.1, -0.05) is 0 Å². The molecule has 1 amide bonds. The van der Waals surface area contributed by atoms with Gasteiger partial charge in [0.2, 0.25) is 11.9 Å². The van der Waals surface area contributed by atoms with Crippen LogP contribution in [0.2, 0.25) is 0 Å². The van der Waals surface area contributed by atoms with Gasteiger partial charge in [0.25, 0.3) is 0 Å². The number of rotatable bonds is 2. The quantitative estimate of drug-likeness (QED) is 0.629. The normalized spacial score (nSPS) is 22.2. The Bertz CT molecular complexity index is 296. The number of carbonyl (C=O) groups excluding carboxylic acids is 1. The third-order valence-corrected chi connectivity index (χ3v) is 2.26. The average molecular weight is 181 g/mol. The van der Waals surface area contributed by atoms with Crippen LogP contribution in [0, 0.1) is 0 Å². The molecule has 0 saturated carbocycles. The summed E-state index contributed by atoms with van der Waals surface area (Å²) < 4.78 is 0. The molecular formula is C7H11N5O. The first-order valence-corrected chi connectivity index (χ1v) is 4.20. The molecule has 1 unspecified atom stereocenters. The van der Waals surface area contributed by atoms with Crippen molar-refractivity contribution in [1.82, 2.24) is 15.2 Å². The molecule has 70 valence electrons. The fraction of sp³-hybridized carbons (Fsp3) is 0.571. The Morgan fingerprint density at radius 1 is 1.77 bits per heavy atom. The van der Waals surface area contributed by atoms with Gasteiger partial charge in [-0.05, 0) is 12.8 Å². The molecule has 6 nitrogen and oxygen atoms in total. The van der Waals surface area contributed by atoms with E-state index in [0.29, 0.717) is 5.95 Å². The van der Waals surface area contributed by atoms with E-state index >= 15 is 0 Å². The molecule has 1 fully saturated rings. The van der Waals surface area contributed by atoms with Crippen LogP contribution in [0.4, 0.5) is 5.95 Å². The molecule has 0 radical (unpaired) electrons. The van der Waals surface area contributed by atoms with Gasteiger partial charge in [0.15, 0.2) is 0 Å². The minimum Gasteiger partial charge on any atom is -0.368 e. The number of H-pyrrole nitrogens is 1. The largest absolute Gasteiger partial charge is 0.368 e. The van der Waals surface area contributed by atoms with Crippen molar-refractivity contribution in [1.29, 1.82) is 0 Å². The number of primary amides is 1. The van der Waals surface area contributed by atoms with Gasteiger partial charge in [-0.3, -0.25) is 4.79 Å². The number of aromatic amines is 1. The SMILES string of the molecule is NC(=O)C1CCCN1c1ncn[nH]1. The Labute approximate surface area is 75.1 Å². The standard InChI is InChI=1S/C7H11N5O/c8-6(13)5-2-1-3-12(5)7-9-4-10-11-7/h4-5H,1-3H2,(H2,8,13)(H,9,10,11). The minimum absolute atomic E-state index is 0.229. The summed E-state index contributed by atoms with van der Waals surface area (Å²) in [6.07, 6.45) is 3.19. The lowest BCUT2D eigenvalue weighted by atomic mass is 10.2. The first-order chi connectivity index (χ1) is 6.29. The van der Waals surface area contributed by atoms with Gasteiger partial charge < -0.3 is 10.6 Å². The van der Waals surface area contributed by atoms with E-state index in [9.17, 15) is 4.79 Å². The maximum Gasteiger partial charge on any atom is 0.240 e. The van der Waals surface area contributed by atoms with E-state index in [1.165, 1.54) is 6.33 Å². The van der Waals surface area contributed by atoms with E-state index in [2.05, 4.69) is 15.2 Å². The molecular weight excluding hydrogens is 170 g/mol. The van der Waals surface area contributed by atoms with Crippen LogP contribution < -0.4 is 10.6 Å². The van der Waals surface area contributed by atoms with Crippen LogP contribution in [0.5, 0.6) is 0 Å². The topological polar surface area (TPSA) is 87.9 Å². The van der Waals surface area contributed by atoms with Gasteiger partial charge >= 0.3 is 0 Å². The molecule has 1 saturated heterocycles. The molecule has 3 N–H and O–H groups in total. The second-order valence-electron chi connectivity index (χ2n) is 3.06. The summed E-state index contributed by atoms with van der Waals surface area (Å²) in [5, 5.41) is 6.45. The first-order valence-electron chi connectivity index (χ1n) is 4.20. The summed E-state index contributed by atoms with van der Waals surface area (Å²) >= 11 is 0. The van der Waals surface area contributed by atoms with Crippen molar-refractivity contribution >= 4 is 11.9 Å². The van der Waals surface area contributed by atoms with Crippen LogP contribution in [0.25, 0.3) is 0 Å². The number of amides is 1. The van der Waals surface area contributed by atoms with Gasteiger partial charge in [-0.2, -0.15) is 10.1 Å². The summed E-state index contributed by atoms with van der Waals surface area (Å²) in [7, 11) is 0. The van der Waals surface area contributed by atoms with E-state index in [1.807, 2.05) is 4.90 Å². The predicted octanol–water partition coefficient (Wildman–Crippen LogP) is -0.741. The van der Waals surface area contributed by atoms with E-state index < -0.39 is 0 Å².